The predicted molar refractivity (Wildman–Crippen MR) is 48.5 cm³/mol. The van der Waals surface area contributed by atoms with Crippen molar-refractivity contribution < 1.29 is 13.5 Å². The highest BCUT2D eigenvalue weighted by Gasteiger charge is 2.16. The minimum atomic E-state index is -0.956. The standard InChI is InChI=1S/C8H8BrF2NO/c1-13-8-4(3-12)7(11)6(10)2-5(8)9/h2H,3,12H2,1H3. The Balaban J connectivity index is 3.41. The van der Waals surface area contributed by atoms with Gasteiger partial charge in [0.25, 0.3) is 0 Å². The number of methoxy groups -OCH3 is 1. The van der Waals surface area contributed by atoms with Gasteiger partial charge < -0.3 is 10.5 Å². The van der Waals surface area contributed by atoms with Crippen molar-refractivity contribution in [3.63, 3.8) is 0 Å². The van der Waals surface area contributed by atoms with Crippen molar-refractivity contribution in [2.24, 2.45) is 5.73 Å². The predicted octanol–water partition coefficient (Wildman–Crippen LogP) is 2.19. The van der Waals surface area contributed by atoms with Crippen molar-refractivity contribution >= 4 is 15.9 Å². The Morgan fingerprint density at radius 1 is 1.54 bits per heavy atom. The molecule has 0 aliphatic heterocycles. The van der Waals surface area contributed by atoms with E-state index in [1.807, 2.05) is 0 Å². The van der Waals surface area contributed by atoms with Gasteiger partial charge in [0.2, 0.25) is 0 Å². The lowest BCUT2D eigenvalue weighted by Crippen LogP contribution is -2.05. The van der Waals surface area contributed by atoms with Crippen molar-refractivity contribution in [2.75, 3.05) is 7.11 Å². The molecular formula is C8H8BrF2NO. The number of nitrogens with two attached hydrogens (primary N) is 1. The van der Waals surface area contributed by atoms with E-state index in [-0.39, 0.29) is 17.9 Å². The zero-order chi connectivity index (χ0) is 10.0. The molecule has 0 unspecified atom stereocenters. The van der Waals surface area contributed by atoms with Gasteiger partial charge in [-0.15, -0.1) is 0 Å². The summed E-state index contributed by atoms with van der Waals surface area (Å²) in [7, 11) is 1.37. The molecule has 0 fully saturated rings. The Morgan fingerprint density at radius 2 is 2.15 bits per heavy atom. The number of hydrogen-bond acceptors (Lipinski definition) is 2. The van der Waals surface area contributed by atoms with Gasteiger partial charge >= 0.3 is 0 Å². The van der Waals surface area contributed by atoms with Crippen LogP contribution in [-0.4, -0.2) is 7.11 Å². The molecule has 0 spiro atoms. The molecular weight excluding hydrogens is 244 g/mol. The maximum Gasteiger partial charge on any atom is 0.167 e. The molecule has 0 heterocycles. The lowest BCUT2D eigenvalue weighted by Gasteiger charge is -2.10. The smallest absolute Gasteiger partial charge is 0.167 e. The number of ether oxygens (including phenoxy) is 1. The summed E-state index contributed by atoms with van der Waals surface area (Å²) in [5, 5.41) is 0. The lowest BCUT2D eigenvalue weighted by molar-refractivity contribution is 0.395. The second-order valence-corrected chi connectivity index (χ2v) is 3.22. The van der Waals surface area contributed by atoms with Gasteiger partial charge in [-0.25, -0.2) is 8.78 Å². The van der Waals surface area contributed by atoms with Crippen molar-refractivity contribution in [3.8, 4) is 5.75 Å². The highest BCUT2D eigenvalue weighted by molar-refractivity contribution is 9.10. The second-order valence-electron chi connectivity index (χ2n) is 2.37. The van der Waals surface area contributed by atoms with E-state index < -0.39 is 11.6 Å². The van der Waals surface area contributed by atoms with E-state index in [0.29, 0.717) is 4.47 Å². The highest BCUT2D eigenvalue weighted by atomic mass is 79.9. The molecule has 5 heteroatoms. The molecule has 0 saturated carbocycles. The summed E-state index contributed by atoms with van der Waals surface area (Å²) in [4.78, 5) is 0. The average Bonchev–Trinajstić information content (AvgIpc) is 2.10. The van der Waals surface area contributed by atoms with Crippen LogP contribution in [-0.2, 0) is 6.54 Å². The molecule has 2 nitrogen and oxygen atoms in total. The third-order valence-electron chi connectivity index (χ3n) is 1.63. The van der Waals surface area contributed by atoms with E-state index in [1.165, 1.54) is 7.11 Å². The van der Waals surface area contributed by atoms with Crippen LogP contribution in [0.4, 0.5) is 8.78 Å². The molecule has 0 aromatic heterocycles. The molecule has 0 saturated heterocycles. The van der Waals surface area contributed by atoms with Gasteiger partial charge in [0.1, 0.15) is 5.75 Å². The lowest BCUT2D eigenvalue weighted by atomic mass is 10.2. The Bertz CT molecular complexity index is 330. The average molecular weight is 252 g/mol. The maximum atomic E-state index is 13.1. The SMILES string of the molecule is COc1c(Br)cc(F)c(F)c1CN. The zero-order valence-corrected chi connectivity index (χ0v) is 8.49. The van der Waals surface area contributed by atoms with Gasteiger partial charge in [0.05, 0.1) is 11.6 Å². The van der Waals surface area contributed by atoms with Crippen LogP contribution in [0.25, 0.3) is 0 Å². The first-order valence-electron chi connectivity index (χ1n) is 3.52. The van der Waals surface area contributed by atoms with E-state index in [0.717, 1.165) is 6.07 Å². The van der Waals surface area contributed by atoms with E-state index in [2.05, 4.69) is 15.9 Å². The fraction of sp³-hybridized carbons (Fsp3) is 0.250. The number of benzene rings is 1. The molecule has 1 aromatic carbocycles. The molecule has 1 aromatic rings. The quantitative estimate of drug-likeness (QED) is 0.819. The monoisotopic (exact) mass is 251 g/mol. The van der Waals surface area contributed by atoms with Crippen LogP contribution >= 0.6 is 15.9 Å². The van der Waals surface area contributed by atoms with Crippen LogP contribution in [0.1, 0.15) is 5.56 Å². The first-order valence-corrected chi connectivity index (χ1v) is 4.31. The summed E-state index contributed by atoms with van der Waals surface area (Å²) in [6, 6.07) is 1.01. The van der Waals surface area contributed by atoms with Crippen molar-refractivity contribution in [2.45, 2.75) is 6.54 Å². The fourth-order valence-electron chi connectivity index (χ4n) is 1.03. The minimum Gasteiger partial charge on any atom is -0.495 e. The molecule has 72 valence electrons. The Morgan fingerprint density at radius 3 is 2.62 bits per heavy atom. The Hall–Kier alpha value is -0.680. The zero-order valence-electron chi connectivity index (χ0n) is 6.90. The largest absolute Gasteiger partial charge is 0.495 e. The van der Waals surface area contributed by atoms with Crippen LogP contribution < -0.4 is 10.5 Å². The van der Waals surface area contributed by atoms with Crippen molar-refractivity contribution in [1.82, 2.24) is 0 Å². The molecule has 0 atom stereocenters. The van der Waals surface area contributed by atoms with Crippen LogP contribution in [0, 0.1) is 11.6 Å². The topological polar surface area (TPSA) is 35.2 Å². The normalized spacial score (nSPS) is 10.2. The van der Waals surface area contributed by atoms with Gasteiger partial charge in [0, 0.05) is 12.1 Å². The van der Waals surface area contributed by atoms with Gasteiger partial charge in [-0.3, -0.25) is 0 Å². The third-order valence-corrected chi connectivity index (χ3v) is 2.22. The van der Waals surface area contributed by atoms with Crippen molar-refractivity contribution in [3.05, 3.63) is 27.7 Å². The highest BCUT2D eigenvalue weighted by Crippen LogP contribution is 2.32. The molecule has 2 N–H and O–H groups in total. The van der Waals surface area contributed by atoms with Crippen LogP contribution in [0.15, 0.2) is 10.5 Å². The molecule has 0 bridgehead atoms. The second kappa shape index (κ2) is 4.02. The van der Waals surface area contributed by atoms with Crippen LogP contribution in [0.3, 0.4) is 0 Å². The number of rotatable bonds is 2. The Kier molecular flexibility index (Phi) is 3.22. The van der Waals surface area contributed by atoms with E-state index >= 15 is 0 Å². The van der Waals surface area contributed by atoms with Gasteiger partial charge in [-0.1, -0.05) is 0 Å². The van der Waals surface area contributed by atoms with E-state index in [1.54, 1.807) is 0 Å². The molecule has 0 radical (unpaired) electrons. The van der Waals surface area contributed by atoms with E-state index in [9.17, 15) is 8.78 Å². The van der Waals surface area contributed by atoms with Gasteiger partial charge in [0.15, 0.2) is 11.6 Å². The molecule has 13 heavy (non-hydrogen) atoms. The van der Waals surface area contributed by atoms with E-state index in [4.69, 9.17) is 10.5 Å². The third kappa shape index (κ3) is 1.81. The van der Waals surface area contributed by atoms with Gasteiger partial charge in [-0.05, 0) is 22.0 Å². The summed E-state index contributed by atoms with van der Waals surface area (Å²) in [6.45, 7) is -0.106. The summed E-state index contributed by atoms with van der Waals surface area (Å²) in [5.74, 6) is -1.66. The summed E-state index contributed by atoms with van der Waals surface area (Å²) < 4.78 is 31.1. The maximum absolute atomic E-state index is 13.1. The number of hydrogen-bond donors (Lipinski definition) is 1. The van der Waals surface area contributed by atoms with Gasteiger partial charge in [-0.2, -0.15) is 0 Å². The number of halogens is 3. The fourth-order valence-corrected chi connectivity index (χ4v) is 1.63. The first-order chi connectivity index (χ1) is 6.11. The summed E-state index contributed by atoms with van der Waals surface area (Å²) >= 11 is 3.05. The van der Waals surface area contributed by atoms with Crippen LogP contribution in [0.2, 0.25) is 0 Å². The molecule has 0 aliphatic rings. The summed E-state index contributed by atoms with van der Waals surface area (Å²) in [5.41, 5.74) is 5.29. The first kappa shape index (κ1) is 10.4. The van der Waals surface area contributed by atoms with Crippen molar-refractivity contribution in [1.29, 1.82) is 0 Å². The van der Waals surface area contributed by atoms with Crippen LogP contribution in [0.5, 0.6) is 5.75 Å². The molecule has 0 aliphatic carbocycles. The Labute approximate surface area is 82.8 Å². The summed E-state index contributed by atoms with van der Waals surface area (Å²) in [6.07, 6.45) is 0. The molecule has 1 rings (SSSR count). The minimum absolute atomic E-state index is 0.0365. The molecule has 0 amide bonds.